The SMILES string of the molecule is CCC/C(C#N)=C(\Cl)c1sc(C)nc1C. The minimum Gasteiger partial charge on any atom is -0.246 e. The van der Waals surface area contributed by atoms with Crippen molar-refractivity contribution >= 4 is 28.0 Å². The first-order chi connectivity index (χ1) is 7.10. The van der Waals surface area contributed by atoms with Crippen LogP contribution in [0.25, 0.3) is 5.03 Å². The summed E-state index contributed by atoms with van der Waals surface area (Å²) in [6.45, 7) is 5.89. The van der Waals surface area contributed by atoms with Gasteiger partial charge in [0.25, 0.3) is 0 Å². The highest BCUT2D eigenvalue weighted by Crippen LogP contribution is 2.32. The first-order valence-corrected chi connectivity index (χ1v) is 6.02. The van der Waals surface area contributed by atoms with Crippen LogP contribution in [-0.4, -0.2) is 4.98 Å². The number of hydrogen-bond donors (Lipinski definition) is 0. The van der Waals surface area contributed by atoms with Crippen LogP contribution in [0.2, 0.25) is 0 Å². The number of hydrogen-bond acceptors (Lipinski definition) is 3. The van der Waals surface area contributed by atoms with Gasteiger partial charge in [-0.3, -0.25) is 0 Å². The van der Waals surface area contributed by atoms with E-state index in [4.69, 9.17) is 16.9 Å². The van der Waals surface area contributed by atoms with E-state index in [2.05, 4.69) is 11.1 Å². The summed E-state index contributed by atoms with van der Waals surface area (Å²) in [6, 6.07) is 2.16. The van der Waals surface area contributed by atoms with Gasteiger partial charge in [0.05, 0.1) is 26.7 Å². The molecule has 0 saturated carbocycles. The summed E-state index contributed by atoms with van der Waals surface area (Å²) in [7, 11) is 0. The van der Waals surface area contributed by atoms with Gasteiger partial charge in [0, 0.05) is 5.57 Å². The van der Waals surface area contributed by atoms with Gasteiger partial charge in [-0.25, -0.2) is 4.98 Å². The molecule has 0 atom stereocenters. The molecule has 0 aliphatic heterocycles. The number of aromatic nitrogens is 1. The number of nitrogens with zero attached hydrogens (tertiary/aromatic N) is 2. The second kappa shape index (κ2) is 5.29. The second-order valence-electron chi connectivity index (χ2n) is 3.30. The zero-order valence-electron chi connectivity index (χ0n) is 9.09. The number of halogens is 1. The molecular formula is C11H13ClN2S. The summed E-state index contributed by atoms with van der Waals surface area (Å²) in [5, 5.41) is 10.5. The Hall–Kier alpha value is -0.850. The van der Waals surface area contributed by atoms with Crippen LogP contribution in [0.15, 0.2) is 5.57 Å². The fraction of sp³-hybridized carbons (Fsp3) is 0.455. The van der Waals surface area contributed by atoms with E-state index < -0.39 is 0 Å². The Balaban J connectivity index is 3.17. The van der Waals surface area contributed by atoms with Gasteiger partial charge in [0.1, 0.15) is 0 Å². The fourth-order valence-corrected chi connectivity index (χ4v) is 2.61. The van der Waals surface area contributed by atoms with Crippen molar-refractivity contribution in [2.24, 2.45) is 0 Å². The number of rotatable bonds is 3. The van der Waals surface area contributed by atoms with Gasteiger partial charge in [0.15, 0.2) is 0 Å². The largest absolute Gasteiger partial charge is 0.246 e. The van der Waals surface area contributed by atoms with Crippen LogP contribution >= 0.6 is 22.9 Å². The number of allylic oxidation sites excluding steroid dienone is 1. The Morgan fingerprint density at radius 1 is 1.53 bits per heavy atom. The van der Waals surface area contributed by atoms with E-state index in [-0.39, 0.29) is 0 Å². The quantitative estimate of drug-likeness (QED) is 0.748. The molecule has 1 aromatic heterocycles. The molecule has 0 radical (unpaired) electrons. The number of aryl methyl sites for hydroxylation is 2. The predicted octanol–water partition coefficient (Wildman–Crippen LogP) is 4.03. The van der Waals surface area contributed by atoms with Crippen LogP contribution in [0.1, 0.15) is 35.3 Å². The Bertz CT molecular complexity index is 426. The topological polar surface area (TPSA) is 36.7 Å². The van der Waals surface area contributed by atoms with Gasteiger partial charge in [-0.15, -0.1) is 11.3 Å². The highest BCUT2D eigenvalue weighted by molar-refractivity contribution is 7.13. The molecule has 80 valence electrons. The van der Waals surface area contributed by atoms with Crippen molar-refractivity contribution in [2.45, 2.75) is 33.6 Å². The number of thiazole rings is 1. The Morgan fingerprint density at radius 3 is 2.60 bits per heavy atom. The lowest BCUT2D eigenvalue weighted by Crippen LogP contribution is -1.85. The van der Waals surface area contributed by atoms with Crippen molar-refractivity contribution in [3.8, 4) is 6.07 Å². The van der Waals surface area contributed by atoms with Gasteiger partial charge < -0.3 is 0 Å². The minimum atomic E-state index is 0.572. The molecular weight excluding hydrogens is 228 g/mol. The maximum Gasteiger partial charge on any atom is 0.0963 e. The van der Waals surface area contributed by atoms with E-state index in [0.717, 1.165) is 28.4 Å². The average Bonchev–Trinajstić information content (AvgIpc) is 2.53. The molecule has 0 aliphatic carbocycles. The molecule has 2 nitrogen and oxygen atoms in total. The lowest BCUT2D eigenvalue weighted by molar-refractivity contribution is 0.933. The maximum atomic E-state index is 8.98. The molecule has 1 heterocycles. The first-order valence-electron chi connectivity index (χ1n) is 4.83. The Kier molecular flexibility index (Phi) is 4.31. The monoisotopic (exact) mass is 240 g/mol. The van der Waals surface area contributed by atoms with E-state index in [9.17, 15) is 0 Å². The van der Waals surface area contributed by atoms with Crippen LogP contribution in [0.3, 0.4) is 0 Å². The van der Waals surface area contributed by atoms with Gasteiger partial charge in [-0.05, 0) is 20.3 Å². The summed E-state index contributed by atoms with van der Waals surface area (Å²) in [5.74, 6) is 0. The molecule has 0 unspecified atom stereocenters. The maximum absolute atomic E-state index is 8.98. The van der Waals surface area contributed by atoms with Crippen LogP contribution in [-0.2, 0) is 0 Å². The zero-order chi connectivity index (χ0) is 11.4. The Labute approximate surface area is 99.2 Å². The molecule has 0 bridgehead atoms. The molecule has 0 aromatic carbocycles. The second-order valence-corrected chi connectivity index (χ2v) is 4.88. The van der Waals surface area contributed by atoms with Crippen LogP contribution in [0, 0.1) is 25.2 Å². The van der Waals surface area contributed by atoms with Crippen LogP contribution < -0.4 is 0 Å². The smallest absolute Gasteiger partial charge is 0.0963 e. The molecule has 0 amide bonds. The third-order valence-corrected chi connectivity index (χ3v) is 3.62. The van der Waals surface area contributed by atoms with Crippen LogP contribution in [0.5, 0.6) is 0 Å². The van der Waals surface area contributed by atoms with E-state index >= 15 is 0 Å². The predicted molar refractivity (Wildman–Crippen MR) is 64.9 cm³/mol. The molecule has 15 heavy (non-hydrogen) atoms. The molecule has 4 heteroatoms. The van der Waals surface area contributed by atoms with E-state index in [1.165, 1.54) is 11.3 Å². The molecule has 0 saturated heterocycles. The van der Waals surface area contributed by atoms with Crippen molar-refractivity contribution in [1.82, 2.24) is 4.98 Å². The van der Waals surface area contributed by atoms with Gasteiger partial charge >= 0.3 is 0 Å². The summed E-state index contributed by atoms with van der Waals surface area (Å²) < 4.78 is 0. The van der Waals surface area contributed by atoms with Crippen molar-refractivity contribution in [3.63, 3.8) is 0 Å². The summed E-state index contributed by atoms with van der Waals surface area (Å²) >= 11 is 7.74. The van der Waals surface area contributed by atoms with Crippen molar-refractivity contribution in [2.75, 3.05) is 0 Å². The average molecular weight is 241 g/mol. The Morgan fingerprint density at radius 2 is 2.20 bits per heavy atom. The molecule has 0 spiro atoms. The van der Waals surface area contributed by atoms with Gasteiger partial charge in [-0.1, -0.05) is 24.9 Å². The van der Waals surface area contributed by atoms with Gasteiger partial charge in [0.2, 0.25) is 0 Å². The third-order valence-electron chi connectivity index (χ3n) is 2.00. The summed E-state index contributed by atoms with van der Waals surface area (Å²) in [5.41, 5.74) is 1.57. The zero-order valence-corrected chi connectivity index (χ0v) is 10.7. The standard InChI is InChI=1S/C11H13ClN2S/c1-4-5-9(6-13)10(12)11-7(2)14-8(3)15-11/h4-5H2,1-3H3/b10-9+. The van der Waals surface area contributed by atoms with E-state index in [0.29, 0.717) is 10.6 Å². The lowest BCUT2D eigenvalue weighted by Gasteiger charge is -2.00. The van der Waals surface area contributed by atoms with E-state index in [1.54, 1.807) is 0 Å². The molecule has 1 rings (SSSR count). The molecule has 0 N–H and O–H groups in total. The highest BCUT2D eigenvalue weighted by Gasteiger charge is 2.12. The lowest BCUT2D eigenvalue weighted by atomic mass is 10.1. The number of nitriles is 1. The van der Waals surface area contributed by atoms with Crippen LogP contribution in [0.4, 0.5) is 0 Å². The van der Waals surface area contributed by atoms with Crippen molar-refractivity contribution < 1.29 is 0 Å². The highest BCUT2D eigenvalue weighted by atomic mass is 35.5. The van der Waals surface area contributed by atoms with E-state index in [1.807, 2.05) is 20.8 Å². The van der Waals surface area contributed by atoms with Crippen molar-refractivity contribution in [1.29, 1.82) is 5.26 Å². The first kappa shape index (κ1) is 12.2. The van der Waals surface area contributed by atoms with Crippen molar-refractivity contribution in [3.05, 3.63) is 21.2 Å². The normalized spacial score (nSPS) is 12.2. The molecule has 0 aliphatic rings. The summed E-state index contributed by atoms with van der Waals surface area (Å²) in [6.07, 6.45) is 1.65. The van der Waals surface area contributed by atoms with Gasteiger partial charge in [-0.2, -0.15) is 5.26 Å². The molecule has 0 fully saturated rings. The minimum absolute atomic E-state index is 0.572. The molecule has 1 aromatic rings. The fourth-order valence-electron chi connectivity index (χ4n) is 1.34. The summed E-state index contributed by atoms with van der Waals surface area (Å²) in [4.78, 5) is 5.23. The third kappa shape index (κ3) is 2.80.